The number of rotatable bonds is 2. The molecule has 7 heteroatoms. The molecule has 0 aromatic heterocycles. The summed E-state index contributed by atoms with van der Waals surface area (Å²) in [5, 5.41) is 8.99. The number of nitrogens with zero attached hydrogens (tertiary/aromatic N) is 2. The number of amides is 2. The number of carbonyl (C=O) groups is 1. The van der Waals surface area contributed by atoms with Gasteiger partial charge < -0.3 is 5.32 Å². The Morgan fingerprint density at radius 1 is 1.53 bits per heavy atom. The molecule has 0 radical (unpaired) electrons. The van der Waals surface area contributed by atoms with E-state index in [0.717, 1.165) is 18.6 Å². The van der Waals surface area contributed by atoms with Gasteiger partial charge in [0, 0.05) is 6.04 Å². The summed E-state index contributed by atoms with van der Waals surface area (Å²) in [6.07, 6.45) is 4.79. The molecule has 6 nitrogen and oxygen atoms in total. The number of hydrogen-bond acceptors (Lipinski definition) is 3. The third-order valence-corrected chi connectivity index (χ3v) is 3.11. The predicted octanol–water partition coefficient (Wildman–Crippen LogP) is 0.709. The van der Waals surface area contributed by atoms with Crippen LogP contribution >= 0.6 is 12.2 Å². The van der Waals surface area contributed by atoms with Gasteiger partial charge in [0.2, 0.25) is 0 Å². The van der Waals surface area contributed by atoms with Gasteiger partial charge in [-0.25, -0.2) is 15.2 Å². The summed E-state index contributed by atoms with van der Waals surface area (Å²) in [5.74, 6) is 0. The zero-order valence-electron chi connectivity index (χ0n) is 9.82. The Labute approximate surface area is 106 Å². The van der Waals surface area contributed by atoms with E-state index in [-0.39, 0.29) is 6.03 Å². The Morgan fingerprint density at radius 2 is 2.24 bits per heavy atom. The Bertz CT molecular complexity index is 351. The smallest absolute Gasteiger partial charge is 0.356 e. The second-order valence-corrected chi connectivity index (χ2v) is 4.83. The molecule has 0 bridgehead atoms. The van der Waals surface area contributed by atoms with Gasteiger partial charge in [-0.15, -0.1) is 0 Å². The van der Waals surface area contributed by atoms with Gasteiger partial charge in [0.15, 0.2) is 5.11 Å². The van der Waals surface area contributed by atoms with Crippen molar-refractivity contribution in [2.75, 3.05) is 6.54 Å². The van der Waals surface area contributed by atoms with E-state index in [1.54, 1.807) is 0 Å². The van der Waals surface area contributed by atoms with Gasteiger partial charge in [-0.2, -0.15) is 5.10 Å². The standard InChI is InChI=1S/C10H17N5OS/c1-7-6-15(10(16)13-12-7)14-9(17)11-8-4-2-3-5-8/h8H,2-6H2,1H3,(H,13,16)(H2,11,14,17). The molecular formula is C10H17N5OS. The van der Waals surface area contributed by atoms with Gasteiger partial charge in [-0.05, 0) is 32.0 Å². The van der Waals surface area contributed by atoms with Crippen molar-refractivity contribution in [3.05, 3.63) is 0 Å². The summed E-state index contributed by atoms with van der Waals surface area (Å²) < 4.78 is 0. The number of carbonyl (C=O) groups excluding carboxylic acids is 1. The highest BCUT2D eigenvalue weighted by atomic mass is 32.1. The number of thiocarbonyl (C=S) groups is 1. The van der Waals surface area contributed by atoms with Crippen molar-refractivity contribution in [2.24, 2.45) is 5.10 Å². The molecule has 2 aliphatic rings. The molecule has 0 spiro atoms. The molecule has 1 saturated carbocycles. The van der Waals surface area contributed by atoms with Crippen LogP contribution in [0.5, 0.6) is 0 Å². The molecule has 0 saturated heterocycles. The van der Waals surface area contributed by atoms with Crippen LogP contribution in [0.25, 0.3) is 0 Å². The fourth-order valence-corrected chi connectivity index (χ4v) is 2.32. The monoisotopic (exact) mass is 255 g/mol. The van der Waals surface area contributed by atoms with Crippen molar-refractivity contribution in [2.45, 2.75) is 38.6 Å². The summed E-state index contributed by atoms with van der Waals surface area (Å²) in [4.78, 5) is 11.5. The predicted molar refractivity (Wildman–Crippen MR) is 69.5 cm³/mol. The van der Waals surface area contributed by atoms with Crippen molar-refractivity contribution in [3.63, 3.8) is 0 Å². The number of nitrogens with one attached hydrogen (secondary N) is 3. The number of hydrazine groups is 1. The second kappa shape index (κ2) is 5.31. The van der Waals surface area contributed by atoms with E-state index in [2.05, 4.69) is 21.3 Å². The first-order valence-corrected chi connectivity index (χ1v) is 6.24. The third-order valence-electron chi connectivity index (χ3n) is 2.90. The molecule has 1 fully saturated rings. The number of hydrazone groups is 1. The average molecular weight is 255 g/mol. The topological polar surface area (TPSA) is 68.8 Å². The van der Waals surface area contributed by atoms with E-state index in [0.29, 0.717) is 17.7 Å². The summed E-state index contributed by atoms with van der Waals surface area (Å²) in [5.41, 5.74) is 6.13. The lowest BCUT2D eigenvalue weighted by atomic mass is 10.3. The molecule has 1 aliphatic heterocycles. The molecular weight excluding hydrogens is 238 g/mol. The van der Waals surface area contributed by atoms with Gasteiger partial charge in [-0.1, -0.05) is 12.8 Å². The second-order valence-electron chi connectivity index (χ2n) is 4.42. The summed E-state index contributed by atoms with van der Waals surface area (Å²) in [6, 6.07) is 0.156. The Morgan fingerprint density at radius 3 is 2.94 bits per heavy atom. The molecule has 1 heterocycles. The first kappa shape index (κ1) is 12.1. The fourth-order valence-electron chi connectivity index (χ4n) is 2.04. The third kappa shape index (κ3) is 3.29. The zero-order chi connectivity index (χ0) is 12.3. The molecule has 3 N–H and O–H groups in total. The van der Waals surface area contributed by atoms with Crippen LogP contribution in [0.2, 0.25) is 0 Å². The zero-order valence-corrected chi connectivity index (χ0v) is 10.6. The molecule has 2 rings (SSSR count). The van der Waals surface area contributed by atoms with Gasteiger partial charge in [0.05, 0.1) is 12.3 Å². The number of urea groups is 1. The van der Waals surface area contributed by atoms with E-state index >= 15 is 0 Å². The Balaban J connectivity index is 1.81. The van der Waals surface area contributed by atoms with Crippen molar-refractivity contribution < 1.29 is 4.79 Å². The molecule has 17 heavy (non-hydrogen) atoms. The first-order valence-electron chi connectivity index (χ1n) is 5.83. The largest absolute Gasteiger partial charge is 0.359 e. The summed E-state index contributed by atoms with van der Waals surface area (Å²) in [6.45, 7) is 2.29. The highest BCUT2D eigenvalue weighted by Crippen LogP contribution is 2.17. The lowest BCUT2D eigenvalue weighted by Crippen LogP contribution is -2.57. The highest BCUT2D eigenvalue weighted by molar-refractivity contribution is 7.80. The van der Waals surface area contributed by atoms with Crippen molar-refractivity contribution in [1.29, 1.82) is 0 Å². The van der Waals surface area contributed by atoms with Crippen LogP contribution in [0.3, 0.4) is 0 Å². The van der Waals surface area contributed by atoms with Crippen LogP contribution < -0.4 is 16.2 Å². The van der Waals surface area contributed by atoms with Crippen molar-refractivity contribution in [1.82, 2.24) is 21.2 Å². The fraction of sp³-hybridized carbons (Fsp3) is 0.700. The van der Waals surface area contributed by atoms with E-state index < -0.39 is 0 Å². The summed E-state index contributed by atoms with van der Waals surface area (Å²) >= 11 is 5.18. The normalized spacial score (nSPS) is 20.9. The van der Waals surface area contributed by atoms with Gasteiger partial charge >= 0.3 is 6.03 Å². The van der Waals surface area contributed by atoms with Crippen LogP contribution in [0.4, 0.5) is 4.79 Å². The van der Waals surface area contributed by atoms with Crippen molar-refractivity contribution in [3.8, 4) is 0 Å². The van der Waals surface area contributed by atoms with Gasteiger partial charge in [0.25, 0.3) is 0 Å². The SMILES string of the molecule is CC1=NNC(=O)N(NC(=S)NC2CCCC2)C1. The van der Waals surface area contributed by atoms with Gasteiger partial charge in [-0.3, -0.25) is 5.43 Å². The van der Waals surface area contributed by atoms with Crippen LogP contribution in [-0.2, 0) is 0 Å². The lowest BCUT2D eigenvalue weighted by Gasteiger charge is -2.28. The van der Waals surface area contributed by atoms with E-state index in [9.17, 15) is 4.79 Å². The molecule has 1 aliphatic carbocycles. The quantitative estimate of drug-likeness (QED) is 0.636. The van der Waals surface area contributed by atoms with Crippen LogP contribution in [-0.4, -0.2) is 34.5 Å². The number of hydrogen-bond donors (Lipinski definition) is 3. The minimum atomic E-state index is -0.286. The Kier molecular flexibility index (Phi) is 3.78. The van der Waals surface area contributed by atoms with Crippen LogP contribution in [0.15, 0.2) is 5.10 Å². The molecule has 2 amide bonds. The maximum absolute atomic E-state index is 11.5. The average Bonchev–Trinajstić information content (AvgIpc) is 2.76. The minimum absolute atomic E-state index is 0.286. The van der Waals surface area contributed by atoms with E-state index in [1.165, 1.54) is 17.9 Å². The lowest BCUT2D eigenvalue weighted by molar-refractivity contribution is 0.191. The maximum atomic E-state index is 11.5. The van der Waals surface area contributed by atoms with E-state index in [1.807, 2.05) is 6.92 Å². The van der Waals surface area contributed by atoms with Crippen LogP contribution in [0, 0.1) is 0 Å². The molecule has 0 aromatic rings. The van der Waals surface area contributed by atoms with Gasteiger partial charge in [0.1, 0.15) is 0 Å². The van der Waals surface area contributed by atoms with E-state index in [4.69, 9.17) is 12.2 Å². The molecule has 0 atom stereocenters. The maximum Gasteiger partial charge on any atom is 0.356 e. The Hall–Kier alpha value is -1.37. The van der Waals surface area contributed by atoms with Crippen molar-refractivity contribution >= 4 is 29.1 Å². The molecule has 0 unspecified atom stereocenters. The van der Waals surface area contributed by atoms with Crippen LogP contribution in [0.1, 0.15) is 32.6 Å². The summed E-state index contributed by atoms with van der Waals surface area (Å²) in [7, 11) is 0. The first-order chi connectivity index (χ1) is 8.15. The highest BCUT2D eigenvalue weighted by Gasteiger charge is 2.21. The molecule has 0 aromatic carbocycles. The minimum Gasteiger partial charge on any atom is -0.359 e. The molecule has 94 valence electrons.